The van der Waals surface area contributed by atoms with Gasteiger partial charge >= 0.3 is 0 Å². The lowest BCUT2D eigenvalue weighted by molar-refractivity contribution is -0.155. The van der Waals surface area contributed by atoms with E-state index in [0.29, 0.717) is 42.1 Å². The van der Waals surface area contributed by atoms with E-state index in [1.807, 2.05) is 12.1 Å². The number of fused-ring (bicyclic) bond motifs is 3. The Morgan fingerprint density at radius 3 is 2.55 bits per heavy atom. The molecule has 5 rings (SSSR count). The van der Waals surface area contributed by atoms with Crippen LogP contribution in [0.1, 0.15) is 64.4 Å². The first-order valence-corrected chi connectivity index (χ1v) is 10.9. The number of ketones is 1. The van der Waals surface area contributed by atoms with Crippen LogP contribution < -0.4 is 4.74 Å². The van der Waals surface area contributed by atoms with Crippen LogP contribution in [0.15, 0.2) is 24.3 Å². The smallest absolute Gasteiger partial charge is 0.201 e. The van der Waals surface area contributed by atoms with Crippen LogP contribution in [0.3, 0.4) is 0 Å². The molecule has 1 aliphatic heterocycles. The van der Waals surface area contributed by atoms with Crippen molar-refractivity contribution in [3.05, 3.63) is 57.6 Å². The van der Waals surface area contributed by atoms with Gasteiger partial charge in [0.1, 0.15) is 11.5 Å². The highest BCUT2D eigenvalue weighted by atomic mass is 16.6. The van der Waals surface area contributed by atoms with Crippen LogP contribution in [-0.4, -0.2) is 47.2 Å². The predicted octanol–water partition coefficient (Wildman–Crippen LogP) is 3.14. The van der Waals surface area contributed by atoms with Gasteiger partial charge in [-0.15, -0.1) is 0 Å². The minimum Gasteiger partial charge on any atom is -0.507 e. The van der Waals surface area contributed by atoms with Gasteiger partial charge in [-0.2, -0.15) is 0 Å². The van der Waals surface area contributed by atoms with E-state index in [1.54, 1.807) is 13.2 Å². The van der Waals surface area contributed by atoms with Crippen molar-refractivity contribution in [1.82, 2.24) is 0 Å². The minimum absolute atomic E-state index is 0.113. The highest BCUT2D eigenvalue weighted by molar-refractivity contribution is 6.15. The molecule has 6 heteroatoms. The number of hydrogen-bond donors (Lipinski definition) is 3. The number of hydrogen-bond acceptors (Lipinski definition) is 6. The predicted molar refractivity (Wildman–Crippen MR) is 116 cm³/mol. The van der Waals surface area contributed by atoms with Gasteiger partial charge in [0.15, 0.2) is 6.29 Å². The quantitative estimate of drug-likeness (QED) is 0.553. The maximum Gasteiger partial charge on any atom is 0.201 e. The third kappa shape index (κ3) is 4.33. The number of aromatic hydroxyl groups is 1. The fourth-order valence-corrected chi connectivity index (χ4v) is 4.75. The number of benzene rings is 2. The molecule has 31 heavy (non-hydrogen) atoms. The number of methoxy groups -OCH3 is 1. The van der Waals surface area contributed by atoms with Crippen molar-refractivity contribution in [2.24, 2.45) is 5.92 Å². The number of aliphatic hydroxyl groups is 2. The van der Waals surface area contributed by atoms with Gasteiger partial charge in [0.2, 0.25) is 5.78 Å². The summed E-state index contributed by atoms with van der Waals surface area (Å²) in [4.78, 5) is 13.0. The molecule has 3 aliphatic rings. The summed E-state index contributed by atoms with van der Waals surface area (Å²) in [5.41, 5.74) is 5.18. The lowest BCUT2D eigenvalue weighted by atomic mass is 9.77. The number of carbonyl (C=O) groups excluding carboxylic acids is 1. The van der Waals surface area contributed by atoms with Crippen LogP contribution in [0.4, 0.5) is 0 Å². The fourth-order valence-electron chi connectivity index (χ4n) is 4.75. The number of carbonyl (C=O) groups is 1. The maximum absolute atomic E-state index is 13.0. The zero-order valence-electron chi connectivity index (χ0n) is 18.1. The van der Waals surface area contributed by atoms with E-state index < -0.39 is 6.29 Å². The molecule has 1 heterocycles. The summed E-state index contributed by atoms with van der Waals surface area (Å²) in [7, 11) is 1.58. The van der Waals surface area contributed by atoms with E-state index in [0.717, 1.165) is 36.0 Å². The second kappa shape index (κ2) is 8.99. The van der Waals surface area contributed by atoms with Crippen molar-refractivity contribution < 1.29 is 29.6 Å². The SMILES string of the molecule is COc1cccc2c1C(=O)c1c(cc3c(c1O)CCC(C)C3)C2.OC1CCC(O)OC1. The third-order valence-corrected chi connectivity index (χ3v) is 6.43. The molecule has 0 amide bonds. The second-order valence-corrected chi connectivity index (χ2v) is 8.76. The van der Waals surface area contributed by atoms with Gasteiger partial charge in [-0.1, -0.05) is 25.1 Å². The average Bonchev–Trinajstić information content (AvgIpc) is 2.75. The number of aliphatic hydroxyl groups excluding tert-OH is 2. The summed E-state index contributed by atoms with van der Waals surface area (Å²) in [6, 6.07) is 7.83. The zero-order chi connectivity index (χ0) is 22.1. The standard InChI is InChI=1S/C20H20O3.C5H10O3/c1-11-6-7-15-13(8-11)10-14-9-12-4-3-5-16(23-2)17(12)20(22)18(14)19(15)21;6-4-1-2-5(7)8-3-4/h3-5,10-11,21H,6-9H2,1-2H3;4-7H,1-3H2. The van der Waals surface area contributed by atoms with Crippen molar-refractivity contribution >= 4 is 5.78 Å². The van der Waals surface area contributed by atoms with Gasteiger partial charge < -0.3 is 24.8 Å². The fraction of sp³-hybridized carbons (Fsp3) is 0.480. The van der Waals surface area contributed by atoms with Crippen LogP contribution in [0.5, 0.6) is 11.5 Å². The third-order valence-electron chi connectivity index (χ3n) is 6.43. The minimum atomic E-state index is -0.640. The topological polar surface area (TPSA) is 96.2 Å². The largest absolute Gasteiger partial charge is 0.507 e. The van der Waals surface area contributed by atoms with Gasteiger partial charge in [-0.05, 0) is 66.3 Å². The molecule has 3 atom stereocenters. The molecule has 166 valence electrons. The lowest BCUT2D eigenvalue weighted by Gasteiger charge is -2.28. The Balaban J connectivity index is 0.000000245. The molecule has 2 aliphatic carbocycles. The normalized spacial score (nSPS) is 24.3. The van der Waals surface area contributed by atoms with Crippen molar-refractivity contribution in [2.45, 2.75) is 57.8 Å². The molecule has 2 aromatic rings. The molecule has 0 spiro atoms. The molecule has 3 unspecified atom stereocenters. The van der Waals surface area contributed by atoms with Gasteiger partial charge in [-0.3, -0.25) is 4.79 Å². The molecule has 6 nitrogen and oxygen atoms in total. The van der Waals surface area contributed by atoms with Crippen molar-refractivity contribution in [3.63, 3.8) is 0 Å². The molecule has 0 bridgehead atoms. The number of phenols is 1. The van der Waals surface area contributed by atoms with E-state index >= 15 is 0 Å². The average molecular weight is 427 g/mol. The number of ether oxygens (including phenoxy) is 2. The Morgan fingerprint density at radius 2 is 1.87 bits per heavy atom. The Morgan fingerprint density at radius 1 is 1.06 bits per heavy atom. The molecule has 1 saturated heterocycles. The molecular formula is C25H30O6. The highest BCUT2D eigenvalue weighted by Crippen LogP contribution is 2.42. The maximum atomic E-state index is 13.0. The van der Waals surface area contributed by atoms with Crippen LogP contribution in [0.25, 0.3) is 0 Å². The molecule has 1 fully saturated rings. The summed E-state index contributed by atoms with van der Waals surface area (Å²) in [6.45, 7) is 2.52. The van der Waals surface area contributed by atoms with Gasteiger partial charge in [-0.25, -0.2) is 0 Å². The molecule has 0 radical (unpaired) electrons. The van der Waals surface area contributed by atoms with E-state index in [-0.39, 0.29) is 24.2 Å². The summed E-state index contributed by atoms with van der Waals surface area (Å²) in [6.07, 6.45) is 3.77. The lowest BCUT2D eigenvalue weighted by Crippen LogP contribution is -2.28. The molecule has 3 N–H and O–H groups in total. The Hall–Kier alpha value is -2.41. The zero-order valence-corrected chi connectivity index (χ0v) is 18.1. The van der Waals surface area contributed by atoms with E-state index in [1.165, 1.54) is 5.56 Å². The first-order chi connectivity index (χ1) is 14.9. The monoisotopic (exact) mass is 426 g/mol. The van der Waals surface area contributed by atoms with Crippen molar-refractivity contribution in [3.8, 4) is 11.5 Å². The Labute approximate surface area is 182 Å². The van der Waals surface area contributed by atoms with Crippen LogP contribution in [-0.2, 0) is 24.0 Å². The second-order valence-electron chi connectivity index (χ2n) is 8.76. The summed E-state index contributed by atoms with van der Waals surface area (Å²) in [5.74, 6) is 1.30. The van der Waals surface area contributed by atoms with Gasteiger partial charge in [0.05, 0.1) is 30.9 Å². The van der Waals surface area contributed by atoms with E-state index in [2.05, 4.69) is 13.0 Å². The summed E-state index contributed by atoms with van der Waals surface area (Å²) >= 11 is 0. The number of phenolic OH excluding ortho intramolecular Hbond substituents is 1. The summed E-state index contributed by atoms with van der Waals surface area (Å²) in [5, 5.41) is 28.2. The highest BCUT2D eigenvalue weighted by Gasteiger charge is 2.32. The van der Waals surface area contributed by atoms with E-state index in [9.17, 15) is 9.90 Å². The Bertz CT molecular complexity index is 964. The van der Waals surface area contributed by atoms with Crippen molar-refractivity contribution in [2.75, 3.05) is 13.7 Å². The number of rotatable bonds is 1. The van der Waals surface area contributed by atoms with Gasteiger partial charge in [0, 0.05) is 6.42 Å². The van der Waals surface area contributed by atoms with E-state index in [4.69, 9.17) is 19.7 Å². The van der Waals surface area contributed by atoms with Crippen LogP contribution in [0, 0.1) is 5.92 Å². The van der Waals surface area contributed by atoms with Gasteiger partial charge in [0.25, 0.3) is 0 Å². The first-order valence-electron chi connectivity index (χ1n) is 10.9. The van der Waals surface area contributed by atoms with Crippen LogP contribution in [0.2, 0.25) is 0 Å². The van der Waals surface area contributed by atoms with Crippen molar-refractivity contribution in [1.29, 1.82) is 0 Å². The molecule has 2 aromatic carbocycles. The van der Waals surface area contributed by atoms with Crippen LogP contribution >= 0.6 is 0 Å². The Kier molecular flexibility index (Phi) is 6.32. The molecule has 0 saturated carbocycles. The first kappa shape index (κ1) is 21.8. The molecule has 0 aromatic heterocycles. The summed E-state index contributed by atoms with van der Waals surface area (Å²) < 4.78 is 10.1. The molecular weight excluding hydrogens is 396 g/mol.